The zero-order valence-corrected chi connectivity index (χ0v) is 27.6. The van der Waals surface area contributed by atoms with E-state index in [9.17, 15) is 14.4 Å². The molecule has 0 bridgehead atoms. The number of benzene rings is 1. The molecule has 2 aliphatic heterocycles. The van der Waals surface area contributed by atoms with Gasteiger partial charge in [0.05, 0.1) is 24.2 Å². The molecule has 0 spiro atoms. The van der Waals surface area contributed by atoms with Gasteiger partial charge in [-0.3, -0.25) is 19.5 Å². The fraction of sp³-hybridized carbons (Fsp3) is 0.514. The summed E-state index contributed by atoms with van der Waals surface area (Å²) in [5.74, 6) is 0.577. The molecule has 2 aliphatic rings. The number of nitrogens with one attached hydrogen (secondary N) is 3. The van der Waals surface area contributed by atoms with E-state index in [-0.39, 0.29) is 29.2 Å². The van der Waals surface area contributed by atoms with Gasteiger partial charge in [0.1, 0.15) is 17.5 Å². The maximum atomic E-state index is 13.3. The van der Waals surface area contributed by atoms with Crippen LogP contribution >= 0.6 is 0 Å². The number of methoxy groups -OCH3 is 1. The van der Waals surface area contributed by atoms with Gasteiger partial charge in [-0.1, -0.05) is 32.9 Å². The number of hydrogen-bond acceptors (Lipinski definition) is 7. The number of aromatic nitrogens is 3. The van der Waals surface area contributed by atoms with Crippen LogP contribution in [0.3, 0.4) is 0 Å². The van der Waals surface area contributed by atoms with E-state index in [1.165, 1.54) is 0 Å². The van der Waals surface area contributed by atoms with Crippen molar-refractivity contribution in [3.63, 3.8) is 0 Å². The Hall–Kier alpha value is -4.25. The third-order valence-corrected chi connectivity index (χ3v) is 9.20. The van der Waals surface area contributed by atoms with Gasteiger partial charge in [-0.25, -0.2) is 4.98 Å². The molecular weight excluding hydrogens is 582 g/mol. The summed E-state index contributed by atoms with van der Waals surface area (Å²) in [6, 6.07) is 12.7. The Kier molecular flexibility index (Phi) is 10.4. The largest absolute Gasteiger partial charge is 0.495 e. The van der Waals surface area contributed by atoms with Crippen molar-refractivity contribution in [1.82, 2.24) is 30.3 Å². The van der Waals surface area contributed by atoms with Gasteiger partial charge < -0.3 is 25.2 Å². The second-order valence-corrected chi connectivity index (χ2v) is 13.5. The average Bonchev–Trinajstić information content (AvgIpc) is 3.75. The van der Waals surface area contributed by atoms with Crippen LogP contribution in [0.25, 0.3) is 11.4 Å². The number of nitrogens with zero attached hydrogens (tertiary/aromatic N) is 4. The molecule has 46 heavy (non-hydrogen) atoms. The van der Waals surface area contributed by atoms with Gasteiger partial charge in [-0.05, 0) is 92.9 Å². The minimum Gasteiger partial charge on any atom is -0.495 e. The van der Waals surface area contributed by atoms with E-state index >= 15 is 0 Å². The average molecular weight is 630 g/mol. The van der Waals surface area contributed by atoms with Crippen LogP contribution in [0.2, 0.25) is 0 Å². The van der Waals surface area contributed by atoms with Crippen molar-refractivity contribution in [2.75, 3.05) is 38.6 Å². The van der Waals surface area contributed by atoms with Gasteiger partial charge in [0.15, 0.2) is 0 Å². The van der Waals surface area contributed by atoms with Crippen molar-refractivity contribution in [3.8, 4) is 17.1 Å². The third-order valence-electron chi connectivity index (χ3n) is 9.20. The van der Waals surface area contributed by atoms with Crippen LogP contribution in [0.4, 0.5) is 5.69 Å². The van der Waals surface area contributed by atoms with Crippen molar-refractivity contribution in [2.24, 2.45) is 5.41 Å². The predicted octanol–water partition coefficient (Wildman–Crippen LogP) is 4.84. The molecule has 0 radical (unpaired) electrons. The van der Waals surface area contributed by atoms with Crippen LogP contribution in [-0.4, -0.2) is 88.1 Å². The van der Waals surface area contributed by atoms with Crippen molar-refractivity contribution >= 4 is 23.4 Å². The van der Waals surface area contributed by atoms with Crippen molar-refractivity contribution in [2.45, 2.75) is 77.8 Å². The molecule has 1 aromatic carbocycles. The summed E-state index contributed by atoms with van der Waals surface area (Å²) in [7, 11) is 1.60. The summed E-state index contributed by atoms with van der Waals surface area (Å²) < 4.78 is 5.66. The monoisotopic (exact) mass is 629 g/mol. The number of rotatable bonds is 10. The molecule has 0 aliphatic carbocycles. The molecule has 2 fully saturated rings. The molecule has 2 aromatic heterocycles. The lowest BCUT2D eigenvalue weighted by Gasteiger charge is -2.35. The number of H-pyrrole nitrogens is 1. The lowest BCUT2D eigenvalue weighted by molar-refractivity contribution is -0.140. The highest BCUT2D eigenvalue weighted by Gasteiger charge is 2.38. The molecule has 11 nitrogen and oxygen atoms in total. The molecule has 4 heterocycles. The predicted molar refractivity (Wildman–Crippen MR) is 178 cm³/mol. The number of ether oxygens (including phenoxy) is 1. The number of hydrogen-bond donors (Lipinski definition) is 3. The summed E-state index contributed by atoms with van der Waals surface area (Å²) in [6.07, 6.45) is 5.94. The van der Waals surface area contributed by atoms with Gasteiger partial charge in [-0.15, -0.1) is 0 Å². The first-order chi connectivity index (χ1) is 22.0. The number of anilines is 1. The van der Waals surface area contributed by atoms with Crippen LogP contribution < -0.4 is 15.4 Å². The highest BCUT2D eigenvalue weighted by Crippen LogP contribution is 2.34. The van der Waals surface area contributed by atoms with Crippen molar-refractivity contribution in [3.05, 3.63) is 59.9 Å². The molecule has 246 valence electrons. The Balaban J connectivity index is 1.12. The molecule has 0 saturated carbocycles. The van der Waals surface area contributed by atoms with Crippen molar-refractivity contribution in [1.29, 1.82) is 0 Å². The van der Waals surface area contributed by atoms with E-state index in [1.807, 2.05) is 49.9 Å². The molecule has 11 heteroatoms. The lowest BCUT2D eigenvalue weighted by atomic mass is 9.85. The maximum absolute atomic E-state index is 13.3. The van der Waals surface area contributed by atoms with Crippen LogP contribution in [0.15, 0.2) is 48.7 Å². The van der Waals surface area contributed by atoms with Crippen LogP contribution in [0.1, 0.15) is 81.8 Å². The smallest absolute Gasteiger partial charge is 0.274 e. The number of carbonyl (C=O) groups excluding carboxylic acids is 3. The van der Waals surface area contributed by atoms with E-state index in [1.54, 1.807) is 31.5 Å². The fourth-order valence-electron chi connectivity index (χ4n) is 6.42. The van der Waals surface area contributed by atoms with Crippen LogP contribution in [-0.2, 0) is 9.59 Å². The summed E-state index contributed by atoms with van der Waals surface area (Å²) in [5, 5.41) is 12.8. The number of piperidine rings is 1. The number of likely N-dealkylation sites (tertiary alicyclic amines) is 2. The zero-order chi connectivity index (χ0) is 32.8. The summed E-state index contributed by atoms with van der Waals surface area (Å²) in [6.45, 7) is 11.3. The lowest BCUT2D eigenvalue weighted by Crippen LogP contribution is -2.55. The Morgan fingerprint density at radius 3 is 2.50 bits per heavy atom. The van der Waals surface area contributed by atoms with Crippen LogP contribution in [0, 0.1) is 5.41 Å². The fourth-order valence-corrected chi connectivity index (χ4v) is 6.42. The molecular formula is C35H47N7O4. The van der Waals surface area contributed by atoms with Gasteiger partial charge in [-0.2, -0.15) is 5.10 Å². The van der Waals surface area contributed by atoms with E-state index in [4.69, 9.17) is 4.74 Å². The number of pyridine rings is 1. The molecule has 2 saturated heterocycles. The number of aromatic amines is 1. The summed E-state index contributed by atoms with van der Waals surface area (Å²) >= 11 is 0. The molecule has 3 N–H and O–H groups in total. The summed E-state index contributed by atoms with van der Waals surface area (Å²) in [5.41, 5.74) is 3.04. The van der Waals surface area contributed by atoms with Crippen molar-refractivity contribution < 1.29 is 19.1 Å². The van der Waals surface area contributed by atoms with Crippen LogP contribution in [0.5, 0.6) is 5.75 Å². The van der Waals surface area contributed by atoms with Gasteiger partial charge in [0.25, 0.3) is 5.91 Å². The SMILES string of the molecule is COc1cc(C2CCN(CCC(=O)NC(C(=O)N3CCCC3C)C(C)(C)C)CC2)ccc1NC(=O)c1cccc(-c2ccn[nH]2)n1. The Labute approximate surface area is 271 Å². The summed E-state index contributed by atoms with van der Waals surface area (Å²) in [4.78, 5) is 48.1. The number of carbonyl (C=O) groups is 3. The zero-order valence-electron chi connectivity index (χ0n) is 27.6. The minimum absolute atomic E-state index is 0.0313. The Bertz CT molecular complexity index is 1510. The van der Waals surface area contributed by atoms with E-state index in [0.717, 1.165) is 56.6 Å². The van der Waals surface area contributed by atoms with E-state index in [0.29, 0.717) is 41.7 Å². The molecule has 3 amide bonds. The number of amides is 3. The maximum Gasteiger partial charge on any atom is 0.274 e. The highest BCUT2D eigenvalue weighted by molar-refractivity contribution is 6.04. The molecule has 5 rings (SSSR count). The second-order valence-electron chi connectivity index (χ2n) is 13.5. The van der Waals surface area contributed by atoms with Gasteiger partial charge >= 0.3 is 0 Å². The Morgan fingerprint density at radius 1 is 1.07 bits per heavy atom. The van der Waals surface area contributed by atoms with Gasteiger partial charge in [0, 0.05) is 31.7 Å². The molecule has 2 atom stereocenters. The molecule has 3 aromatic rings. The van der Waals surface area contributed by atoms with Gasteiger partial charge in [0.2, 0.25) is 11.8 Å². The normalized spacial score (nSPS) is 18.3. The topological polar surface area (TPSA) is 133 Å². The second kappa shape index (κ2) is 14.5. The molecule has 2 unspecified atom stereocenters. The minimum atomic E-state index is -0.530. The first-order valence-electron chi connectivity index (χ1n) is 16.3. The first-order valence-corrected chi connectivity index (χ1v) is 16.3. The first kappa shape index (κ1) is 33.1. The van der Waals surface area contributed by atoms with E-state index in [2.05, 4.69) is 37.6 Å². The Morgan fingerprint density at radius 2 is 1.85 bits per heavy atom. The standard InChI is InChI=1S/C35H47N7O4/c1-23-8-7-18-42(23)34(45)32(35(2,3)4)39-31(43)16-21-41-19-14-24(15-20-41)25-11-12-28(30(22-25)46-5)38-33(44)29-10-6-9-26(37-29)27-13-17-36-40-27/h6,9-13,17,22-24,32H,7-8,14-16,18-21H2,1-5H3,(H,36,40)(H,38,44)(H,39,43). The quantitative estimate of drug-likeness (QED) is 0.292. The third kappa shape index (κ3) is 7.93. The van der Waals surface area contributed by atoms with E-state index < -0.39 is 6.04 Å². The highest BCUT2D eigenvalue weighted by atomic mass is 16.5.